The molecule has 28 heavy (non-hydrogen) atoms. The smallest absolute Gasteiger partial charge is 0.222 e. The van der Waals surface area contributed by atoms with E-state index in [2.05, 4.69) is 30.9 Å². The zero-order valence-corrected chi connectivity index (χ0v) is 16.9. The number of nitrogens with zero attached hydrogens (tertiary/aromatic N) is 3. The molecule has 146 valence electrons. The number of pyridine rings is 2. The van der Waals surface area contributed by atoms with Gasteiger partial charge in [-0.2, -0.15) is 0 Å². The van der Waals surface area contributed by atoms with Crippen molar-refractivity contribution < 1.29 is 19.9 Å². The molecule has 5 nitrogen and oxygen atoms in total. The van der Waals surface area contributed by atoms with E-state index >= 15 is 0 Å². The molecule has 0 saturated carbocycles. The van der Waals surface area contributed by atoms with Crippen molar-refractivity contribution in [2.75, 3.05) is 0 Å². The molecule has 0 fully saturated rings. The van der Waals surface area contributed by atoms with Gasteiger partial charge in [-0.25, -0.2) is 0 Å². The van der Waals surface area contributed by atoms with Gasteiger partial charge in [0.2, 0.25) is 24.8 Å². The summed E-state index contributed by atoms with van der Waals surface area (Å²) in [4.78, 5) is 2.28. The van der Waals surface area contributed by atoms with Crippen molar-refractivity contribution in [1.29, 1.82) is 0 Å². The van der Waals surface area contributed by atoms with Gasteiger partial charge in [0.25, 0.3) is 0 Å². The van der Waals surface area contributed by atoms with Gasteiger partial charge in [0.05, 0.1) is 0 Å². The van der Waals surface area contributed by atoms with E-state index < -0.39 is 0 Å². The lowest BCUT2D eigenvalue weighted by Crippen LogP contribution is -2.30. The molecule has 0 bridgehead atoms. The molecule has 2 heterocycles. The number of aromatic nitrogens is 2. The highest BCUT2D eigenvalue weighted by Crippen LogP contribution is 2.25. The van der Waals surface area contributed by atoms with E-state index in [1.165, 1.54) is 5.56 Å². The van der Waals surface area contributed by atoms with Crippen LogP contribution in [0.4, 0.5) is 0 Å². The average molecular weight is 400 g/mol. The normalized spacial score (nSPS) is 11.3. The van der Waals surface area contributed by atoms with Gasteiger partial charge in [0.1, 0.15) is 0 Å². The van der Waals surface area contributed by atoms with Crippen molar-refractivity contribution in [1.82, 2.24) is 4.90 Å². The highest BCUT2D eigenvalue weighted by Gasteiger charge is 2.13. The minimum Gasteiger partial charge on any atom is -0.291 e. The summed E-state index contributed by atoms with van der Waals surface area (Å²) in [6.45, 7) is 6.42. The van der Waals surface area contributed by atoms with Gasteiger partial charge in [-0.3, -0.25) is 15.3 Å². The number of rotatable bonds is 7. The lowest BCUT2D eigenvalue weighted by atomic mass is 10.0. The summed E-state index contributed by atoms with van der Waals surface area (Å²) in [5, 5.41) is 19.7. The van der Waals surface area contributed by atoms with Crippen LogP contribution in [0.5, 0.6) is 0 Å². The summed E-state index contributed by atoms with van der Waals surface area (Å²) in [5.41, 5.74) is 4.49. The monoisotopic (exact) mass is 399 g/mol. The van der Waals surface area contributed by atoms with E-state index in [1.807, 2.05) is 30.3 Å². The molecule has 0 atom stereocenters. The summed E-state index contributed by atoms with van der Waals surface area (Å²) in [5.74, 6) is 0.437. The fourth-order valence-electron chi connectivity index (χ4n) is 3.09. The summed E-state index contributed by atoms with van der Waals surface area (Å²) in [6.07, 6.45) is 6.48. The second-order valence-corrected chi connectivity index (χ2v) is 7.73. The van der Waals surface area contributed by atoms with E-state index in [9.17, 15) is 10.4 Å². The second kappa shape index (κ2) is 9.04. The maximum atomic E-state index is 9.45. The second-order valence-electron chi connectivity index (χ2n) is 7.32. The number of benzene rings is 1. The number of hydrogen-bond acceptors (Lipinski definition) is 3. The van der Waals surface area contributed by atoms with Crippen molar-refractivity contribution in [2.24, 2.45) is 0 Å². The minimum atomic E-state index is 0.437. The third kappa shape index (κ3) is 5.44. The molecule has 0 saturated heterocycles. The lowest BCUT2D eigenvalue weighted by molar-refractivity contribution is -0.904. The molecule has 0 amide bonds. The van der Waals surface area contributed by atoms with Crippen molar-refractivity contribution in [2.45, 2.75) is 39.4 Å². The maximum Gasteiger partial charge on any atom is 0.222 e. The van der Waals surface area contributed by atoms with Gasteiger partial charge in [-0.1, -0.05) is 37.6 Å². The SMILES string of the molecule is CC(C)c1ccc(CN(Cc2cc[n+](O)cc2)Cc2cc[n+](O)cc2)c(Cl)c1. The molecule has 0 radical (unpaired) electrons. The Morgan fingerprint density at radius 2 is 1.32 bits per heavy atom. The third-order valence-electron chi connectivity index (χ3n) is 4.72. The summed E-state index contributed by atoms with van der Waals surface area (Å²) < 4.78 is 2.07. The molecule has 2 aromatic heterocycles. The summed E-state index contributed by atoms with van der Waals surface area (Å²) in [6, 6.07) is 13.9. The van der Waals surface area contributed by atoms with Gasteiger partial charge in [0.15, 0.2) is 0 Å². The topological polar surface area (TPSA) is 51.5 Å². The van der Waals surface area contributed by atoms with Crippen molar-refractivity contribution >= 4 is 11.6 Å². The Morgan fingerprint density at radius 1 is 0.821 bits per heavy atom. The summed E-state index contributed by atoms with van der Waals surface area (Å²) >= 11 is 6.57. The van der Waals surface area contributed by atoms with Crippen LogP contribution in [0, 0.1) is 0 Å². The van der Waals surface area contributed by atoms with Crippen LogP contribution in [-0.4, -0.2) is 15.3 Å². The first-order chi connectivity index (χ1) is 13.4. The molecule has 3 rings (SSSR count). The number of halogens is 1. The van der Waals surface area contributed by atoms with Gasteiger partial charge >= 0.3 is 0 Å². The molecule has 0 aliphatic carbocycles. The third-order valence-corrected chi connectivity index (χ3v) is 5.07. The Balaban J connectivity index is 1.82. The zero-order valence-electron chi connectivity index (χ0n) is 16.2. The lowest BCUT2D eigenvalue weighted by Gasteiger charge is -2.23. The van der Waals surface area contributed by atoms with E-state index in [-0.39, 0.29) is 0 Å². The fourth-order valence-corrected chi connectivity index (χ4v) is 3.33. The van der Waals surface area contributed by atoms with E-state index in [4.69, 9.17) is 11.6 Å². The van der Waals surface area contributed by atoms with Crippen molar-refractivity contribution in [3.63, 3.8) is 0 Å². The van der Waals surface area contributed by atoms with E-state index in [0.29, 0.717) is 25.6 Å². The fraction of sp³-hybridized carbons (Fsp3) is 0.273. The Hall–Kier alpha value is -2.63. The van der Waals surface area contributed by atoms with Crippen LogP contribution in [0.1, 0.15) is 42.0 Å². The molecule has 1 aromatic carbocycles. The molecule has 0 aliphatic heterocycles. The summed E-state index contributed by atoms with van der Waals surface area (Å²) in [7, 11) is 0. The molecule has 2 N–H and O–H groups in total. The first-order valence-electron chi connectivity index (χ1n) is 9.30. The van der Waals surface area contributed by atoms with Gasteiger partial charge in [-0.15, -0.1) is 0 Å². The van der Waals surface area contributed by atoms with Crippen molar-refractivity contribution in [3.05, 3.63) is 94.5 Å². The molecule has 0 unspecified atom stereocenters. The highest BCUT2D eigenvalue weighted by molar-refractivity contribution is 6.31. The van der Waals surface area contributed by atoms with Crippen LogP contribution in [0.3, 0.4) is 0 Å². The van der Waals surface area contributed by atoms with E-state index in [1.54, 1.807) is 24.8 Å². The predicted octanol–water partition coefficient (Wildman–Crippen LogP) is 3.72. The Bertz CT molecular complexity index is 865. The van der Waals surface area contributed by atoms with Crippen LogP contribution >= 0.6 is 11.6 Å². The minimum absolute atomic E-state index is 0.437. The standard InChI is InChI=1S/C22H26ClN3O2/c1-17(2)20-3-4-21(22(23)13-20)16-24(14-18-5-9-25(27)10-6-18)15-19-7-11-26(28)12-8-19/h3-13,17,27-28H,14-16H2,1-2H3/q+2. The highest BCUT2D eigenvalue weighted by atomic mass is 35.5. The van der Waals surface area contributed by atoms with Gasteiger partial charge in [-0.05, 0) is 34.2 Å². The average Bonchev–Trinajstić information content (AvgIpc) is 2.67. The van der Waals surface area contributed by atoms with Crippen LogP contribution in [0.2, 0.25) is 5.02 Å². The Kier molecular flexibility index (Phi) is 6.49. The molecule has 0 aliphatic rings. The quantitative estimate of drug-likeness (QED) is 0.470. The largest absolute Gasteiger partial charge is 0.291 e. The molecular weight excluding hydrogens is 374 g/mol. The van der Waals surface area contributed by atoms with Gasteiger partial charge in [0, 0.05) is 58.4 Å². The number of hydrogen-bond donors (Lipinski definition) is 2. The zero-order chi connectivity index (χ0) is 20.1. The maximum absolute atomic E-state index is 9.45. The Labute approximate surface area is 170 Å². The molecule has 6 heteroatoms. The van der Waals surface area contributed by atoms with Gasteiger partial charge < -0.3 is 0 Å². The predicted molar refractivity (Wildman–Crippen MR) is 106 cm³/mol. The first kappa shape index (κ1) is 20.1. The first-order valence-corrected chi connectivity index (χ1v) is 9.68. The molecular formula is C22H26ClN3O2+2. The van der Waals surface area contributed by atoms with E-state index in [0.717, 1.165) is 31.2 Å². The van der Waals surface area contributed by atoms with Crippen LogP contribution in [0.15, 0.2) is 67.3 Å². The van der Waals surface area contributed by atoms with Crippen molar-refractivity contribution in [3.8, 4) is 0 Å². The van der Waals surface area contributed by atoms with Crippen LogP contribution < -0.4 is 9.46 Å². The molecule has 0 spiro atoms. The van der Waals surface area contributed by atoms with Crippen LogP contribution in [-0.2, 0) is 19.6 Å². The van der Waals surface area contributed by atoms with Crippen LogP contribution in [0.25, 0.3) is 0 Å². The molecule has 3 aromatic rings. The Morgan fingerprint density at radius 3 is 1.75 bits per heavy atom.